The molecule has 16 heavy (non-hydrogen) atoms. The summed E-state index contributed by atoms with van der Waals surface area (Å²) in [6.07, 6.45) is 4.99. The number of nitrogens with two attached hydrogens (primary N) is 1. The zero-order chi connectivity index (χ0) is 11.5. The summed E-state index contributed by atoms with van der Waals surface area (Å²) in [5.41, 5.74) is 6.18. The molecular formula is C11H13FN4. The Labute approximate surface area is 92.9 Å². The number of aryl methyl sites for hydroxylation is 1. The minimum atomic E-state index is -0.629. The van der Waals surface area contributed by atoms with Crippen molar-refractivity contribution in [2.45, 2.75) is 19.5 Å². The minimum Gasteiger partial charge on any atom is -0.334 e. The van der Waals surface area contributed by atoms with Crippen LogP contribution in [0.5, 0.6) is 0 Å². The van der Waals surface area contributed by atoms with Crippen LogP contribution in [0.3, 0.4) is 0 Å². The van der Waals surface area contributed by atoms with Crippen molar-refractivity contribution in [3.63, 3.8) is 0 Å². The molecule has 0 fully saturated rings. The smallest absolute Gasteiger partial charge is 0.146 e. The van der Waals surface area contributed by atoms with Crippen molar-refractivity contribution < 1.29 is 4.39 Å². The molecule has 0 spiro atoms. The van der Waals surface area contributed by atoms with E-state index in [4.69, 9.17) is 5.73 Å². The summed E-state index contributed by atoms with van der Waals surface area (Å²) in [5, 5.41) is 0. The molecule has 0 saturated heterocycles. The average Bonchev–Trinajstić information content (AvgIpc) is 2.77. The second-order valence-electron chi connectivity index (χ2n) is 3.42. The standard InChI is InChI=1S/C11H13FN4/c1-2-16-7-6-15-11(16)9(13)10-8(12)4-3-5-14-10/h3-7,9H,2,13H2,1H3. The van der Waals surface area contributed by atoms with Crippen LogP contribution in [0.1, 0.15) is 24.5 Å². The third-order valence-electron chi connectivity index (χ3n) is 2.45. The number of hydrogen-bond acceptors (Lipinski definition) is 3. The maximum atomic E-state index is 13.5. The van der Waals surface area contributed by atoms with E-state index in [1.807, 2.05) is 17.7 Å². The lowest BCUT2D eigenvalue weighted by molar-refractivity contribution is 0.566. The molecule has 5 heteroatoms. The fourth-order valence-electron chi connectivity index (χ4n) is 1.62. The third kappa shape index (κ3) is 1.81. The molecule has 0 saturated carbocycles. The van der Waals surface area contributed by atoms with E-state index in [-0.39, 0.29) is 5.69 Å². The van der Waals surface area contributed by atoms with E-state index in [0.29, 0.717) is 5.82 Å². The van der Waals surface area contributed by atoms with E-state index >= 15 is 0 Å². The average molecular weight is 220 g/mol. The van der Waals surface area contributed by atoms with Crippen molar-refractivity contribution in [2.24, 2.45) is 5.73 Å². The summed E-state index contributed by atoms with van der Waals surface area (Å²) in [5.74, 6) is 0.223. The highest BCUT2D eigenvalue weighted by Crippen LogP contribution is 2.18. The number of halogens is 1. The van der Waals surface area contributed by atoms with Crippen LogP contribution < -0.4 is 5.73 Å². The second-order valence-corrected chi connectivity index (χ2v) is 3.42. The van der Waals surface area contributed by atoms with Gasteiger partial charge in [0.25, 0.3) is 0 Å². The summed E-state index contributed by atoms with van der Waals surface area (Å²) in [6, 6.07) is 2.26. The molecule has 2 N–H and O–H groups in total. The first-order chi connectivity index (χ1) is 7.74. The number of rotatable bonds is 3. The maximum Gasteiger partial charge on any atom is 0.146 e. The predicted molar refractivity (Wildman–Crippen MR) is 58.1 cm³/mol. The van der Waals surface area contributed by atoms with Crippen LogP contribution in [-0.4, -0.2) is 14.5 Å². The van der Waals surface area contributed by atoms with E-state index in [1.54, 1.807) is 6.20 Å². The molecule has 2 heterocycles. The Morgan fingerprint density at radius 3 is 2.94 bits per heavy atom. The SMILES string of the molecule is CCn1ccnc1C(N)c1ncccc1F. The van der Waals surface area contributed by atoms with Crippen LogP contribution in [0.25, 0.3) is 0 Å². The van der Waals surface area contributed by atoms with Crippen LogP contribution in [0.4, 0.5) is 4.39 Å². The lowest BCUT2D eigenvalue weighted by Crippen LogP contribution is -2.20. The van der Waals surface area contributed by atoms with E-state index < -0.39 is 11.9 Å². The van der Waals surface area contributed by atoms with Gasteiger partial charge in [-0.2, -0.15) is 0 Å². The number of imidazole rings is 1. The van der Waals surface area contributed by atoms with Crippen molar-refractivity contribution in [3.05, 3.63) is 48.1 Å². The Hall–Kier alpha value is -1.75. The molecule has 0 aliphatic heterocycles. The van der Waals surface area contributed by atoms with Crippen LogP contribution >= 0.6 is 0 Å². The van der Waals surface area contributed by atoms with Gasteiger partial charge in [0, 0.05) is 25.1 Å². The van der Waals surface area contributed by atoms with Gasteiger partial charge in [-0.25, -0.2) is 9.37 Å². The zero-order valence-corrected chi connectivity index (χ0v) is 8.97. The van der Waals surface area contributed by atoms with Gasteiger partial charge in [-0.3, -0.25) is 4.98 Å². The molecule has 2 aromatic heterocycles. The van der Waals surface area contributed by atoms with Gasteiger partial charge >= 0.3 is 0 Å². The maximum absolute atomic E-state index is 13.5. The molecule has 0 aromatic carbocycles. The summed E-state index contributed by atoms with van der Waals surface area (Å²) in [7, 11) is 0. The molecule has 2 rings (SSSR count). The van der Waals surface area contributed by atoms with Crippen molar-refractivity contribution >= 4 is 0 Å². The monoisotopic (exact) mass is 220 g/mol. The minimum absolute atomic E-state index is 0.225. The zero-order valence-electron chi connectivity index (χ0n) is 8.97. The largest absolute Gasteiger partial charge is 0.334 e. The van der Waals surface area contributed by atoms with Gasteiger partial charge in [0.1, 0.15) is 23.4 Å². The quantitative estimate of drug-likeness (QED) is 0.852. The fraction of sp³-hybridized carbons (Fsp3) is 0.273. The Morgan fingerprint density at radius 1 is 1.44 bits per heavy atom. The van der Waals surface area contributed by atoms with Crippen LogP contribution in [0.15, 0.2) is 30.7 Å². The number of hydrogen-bond donors (Lipinski definition) is 1. The molecule has 0 aliphatic carbocycles. The van der Waals surface area contributed by atoms with Gasteiger partial charge in [-0.05, 0) is 19.1 Å². The van der Waals surface area contributed by atoms with E-state index in [9.17, 15) is 4.39 Å². The summed E-state index contributed by atoms with van der Waals surface area (Å²) < 4.78 is 15.4. The molecule has 0 aliphatic rings. The first kappa shape index (κ1) is 10.8. The Balaban J connectivity index is 2.39. The second kappa shape index (κ2) is 4.40. The van der Waals surface area contributed by atoms with Gasteiger partial charge in [-0.15, -0.1) is 0 Å². The van der Waals surface area contributed by atoms with Crippen molar-refractivity contribution in [1.29, 1.82) is 0 Å². The van der Waals surface area contributed by atoms with Gasteiger partial charge < -0.3 is 10.3 Å². The van der Waals surface area contributed by atoms with Crippen molar-refractivity contribution in [3.8, 4) is 0 Å². The molecule has 84 valence electrons. The molecule has 0 bridgehead atoms. The number of aromatic nitrogens is 3. The van der Waals surface area contributed by atoms with E-state index in [1.165, 1.54) is 18.3 Å². The highest BCUT2D eigenvalue weighted by Gasteiger charge is 2.18. The summed E-state index contributed by atoms with van der Waals surface area (Å²) >= 11 is 0. The molecular weight excluding hydrogens is 207 g/mol. The molecule has 0 amide bonds. The number of pyridine rings is 1. The van der Waals surface area contributed by atoms with Gasteiger partial charge in [-0.1, -0.05) is 0 Å². The van der Waals surface area contributed by atoms with Gasteiger partial charge in [0.05, 0.1) is 0 Å². The lowest BCUT2D eigenvalue weighted by Gasteiger charge is -2.12. The summed E-state index contributed by atoms with van der Waals surface area (Å²) in [4.78, 5) is 8.09. The van der Waals surface area contributed by atoms with Gasteiger partial charge in [0.2, 0.25) is 0 Å². The van der Waals surface area contributed by atoms with Gasteiger partial charge in [0.15, 0.2) is 0 Å². The molecule has 1 unspecified atom stereocenters. The van der Waals surface area contributed by atoms with Crippen LogP contribution in [0.2, 0.25) is 0 Å². The molecule has 2 aromatic rings. The fourth-order valence-corrected chi connectivity index (χ4v) is 1.62. The molecule has 1 atom stereocenters. The normalized spacial score (nSPS) is 12.7. The topological polar surface area (TPSA) is 56.7 Å². The van der Waals surface area contributed by atoms with Crippen LogP contribution in [-0.2, 0) is 6.54 Å². The highest BCUT2D eigenvalue weighted by atomic mass is 19.1. The van der Waals surface area contributed by atoms with Crippen molar-refractivity contribution in [2.75, 3.05) is 0 Å². The van der Waals surface area contributed by atoms with E-state index in [2.05, 4.69) is 9.97 Å². The molecule has 4 nitrogen and oxygen atoms in total. The Kier molecular flexibility index (Phi) is 2.96. The molecule has 0 radical (unpaired) electrons. The third-order valence-corrected chi connectivity index (χ3v) is 2.45. The first-order valence-corrected chi connectivity index (χ1v) is 5.11. The van der Waals surface area contributed by atoms with Crippen molar-refractivity contribution in [1.82, 2.24) is 14.5 Å². The number of nitrogens with zero attached hydrogens (tertiary/aromatic N) is 3. The predicted octanol–water partition coefficient (Wildman–Crippen LogP) is 1.49. The Morgan fingerprint density at radius 2 is 2.25 bits per heavy atom. The van der Waals surface area contributed by atoms with E-state index in [0.717, 1.165) is 6.54 Å². The summed E-state index contributed by atoms with van der Waals surface area (Å²) in [6.45, 7) is 2.73. The van der Waals surface area contributed by atoms with Crippen LogP contribution in [0, 0.1) is 5.82 Å². The lowest BCUT2D eigenvalue weighted by atomic mass is 10.2. The first-order valence-electron chi connectivity index (χ1n) is 5.11. The highest BCUT2D eigenvalue weighted by molar-refractivity contribution is 5.19. The Bertz CT molecular complexity index is 480.